The van der Waals surface area contributed by atoms with E-state index >= 15 is 0 Å². The number of nitrogens with one attached hydrogen (secondary N) is 1. The molecule has 4 rings (SSSR count). The minimum atomic E-state index is -0.512. The SMILES string of the molecule is CC1(C)c2nc(-c3c[nH]c4c(C#N)cccc34)ccc2C(=O)N1CCCCO. The van der Waals surface area contributed by atoms with Crippen molar-refractivity contribution in [1.82, 2.24) is 14.9 Å². The monoisotopic (exact) mass is 374 g/mol. The van der Waals surface area contributed by atoms with Gasteiger partial charge in [-0.15, -0.1) is 0 Å². The quantitative estimate of drug-likeness (QED) is 0.668. The van der Waals surface area contributed by atoms with Gasteiger partial charge in [-0.05, 0) is 44.9 Å². The summed E-state index contributed by atoms with van der Waals surface area (Å²) < 4.78 is 0. The molecule has 0 fully saturated rings. The number of nitriles is 1. The molecule has 1 aliphatic rings. The number of aliphatic hydroxyl groups is 1. The van der Waals surface area contributed by atoms with Gasteiger partial charge in [-0.2, -0.15) is 5.26 Å². The number of fused-ring (bicyclic) bond motifs is 2. The maximum Gasteiger partial charge on any atom is 0.256 e. The average molecular weight is 374 g/mol. The van der Waals surface area contributed by atoms with Gasteiger partial charge in [0.15, 0.2) is 0 Å². The van der Waals surface area contributed by atoms with Crippen LogP contribution in [0.1, 0.15) is 48.3 Å². The minimum absolute atomic E-state index is 0.0114. The number of carbonyl (C=O) groups excluding carboxylic acids is 1. The molecule has 1 amide bonds. The molecule has 0 unspecified atom stereocenters. The van der Waals surface area contributed by atoms with Gasteiger partial charge in [-0.25, -0.2) is 4.98 Å². The van der Waals surface area contributed by atoms with Crippen LogP contribution in [0.5, 0.6) is 0 Å². The zero-order valence-electron chi connectivity index (χ0n) is 16.0. The number of H-pyrrole nitrogens is 1. The fourth-order valence-electron chi connectivity index (χ4n) is 4.00. The standard InChI is InChI=1S/C22H22N4O2/c1-22(2)20-16(21(28)26(22)10-3-4-11-27)8-9-18(25-20)17-13-24-19-14(12-23)6-5-7-15(17)19/h5-9,13,24,27H,3-4,10-11H2,1-2H3. The number of nitrogens with zero attached hydrogens (tertiary/aromatic N) is 3. The van der Waals surface area contributed by atoms with E-state index in [0.717, 1.165) is 34.3 Å². The second kappa shape index (κ2) is 6.77. The maximum atomic E-state index is 12.9. The third-order valence-electron chi connectivity index (χ3n) is 5.53. The molecule has 0 spiro atoms. The molecule has 1 aromatic carbocycles. The first-order chi connectivity index (χ1) is 13.5. The van der Waals surface area contributed by atoms with Gasteiger partial charge in [0.25, 0.3) is 5.91 Å². The van der Waals surface area contributed by atoms with E-state index in [1.807, 2.05) is 49.2 Å². The fourth-order valence-corrected chi connectivity index (χ4v) is 4.00. The number of aromatic nitrogens is 2. The number of unbranched alkanes of at least 4 members (excludes halogenated alkanes) is 1. The predicted octanol–water partition coefficient (Wildman–Crippen LogP) is 3.56. The molecule has 28 heavy (non-hydrogen) atoms. The van der Waals surface area contributed by atoms with E-state index in [4.69, 9.17) is 10.1 Å². The third-order valence-corrected chi connectivity index (χ3v) is 5.53. The average Bonchev–Trinajstić information content (AvgIpc) is 3.21. The Balaban J connectivity index is 1.77. The maximum absolute atomic E-state index is 12.9. The van der Waals surface area contributed by atoms with Crippen molar-refractivity contribution in [1.29, 1.82) is 5.26 Å². The molecule has 0 saturated carbocycles. The van der Waals surface area contributed by atoms with Crippen LogP contribution >= 0.6 is 0 Å². The molecular formula is C22H22N4O2. The molecule has 0 atom stereocenters. The van der Waals surface area contributed by atoms with E-state index in [0.29, 0.717) is 24.1 Å². The van der Waals surface area contributed by atoms with E-state index in [9.17, 15) is 10.1 Å². The summed E-state index contributed by atoms with van der Waals surface area (Å²) in [6.07, 6.45) is 3.29. The molecule has 3 aromatic rings. The number of carbonyl (C=O) groups is 1. The van der Waals surface area contributed by atoms with Gasteiger partial charge >= 0.3 is 0 Å². The molecule has 0 bridgehead atoms. The Morgan fingerprint density at radius 3 is 2.79 bits per heavy atom. The largest absolute Gasteiger partial charge is 0.396 e. The Morgan fingerprint density at radius 1 is 1.21 bits per heavy atom. The second-order valence-corrected chi connectivity index (χ2v) is 7.58. The van der Waals surface area contributed by atoms with E-state index in [1.165, 1.54) is 0 Å². The van der Waals surface area contributed by atoms with Crippen LogP contribution in [0.4, 0.5) is 0 Å². The van der Waals surface area contributed by atoms with Crippen molar-refractivity contribution in [2.75, 3.05) is 13.2 Å². The molecule has 6 heteroatoms. The van der Waals surface area contributed by atoms with Crippen molar-refractivity contribution in [2.24, 2.45) is 0 Å². The van der Waals surface area contributed by atoms with Gasteiger partial charge in [0, 0.05) is 30.3 Å². The summed E-state index contributed by atoms with van der Waals surface area (Å²) in [7, 11) is 0. The Labute approximate surface area is 163 Å². The number of aliphatic hydroxyl groups excluding tert-OH is 1. The van der Waals surface area contributed by atoms with Crippen molar-refractivity contribution >= 4 is 16.8 Å². The molecule has 142 valence electrons. The smallest absolute Gasteiger partial charge is 0.256 e. The van der Waals surface area contributed by atoms with Crippen LogP contribution in [-0.4, -0.2) is 39.0 Å². The topological polar surface area (TPSA) is 93.0 Å². The van der Waals surface area contributed by atoms with Crippen LogP contribution in [0, 0.1) is 11.3 Å². The zero-order valence-corrected chi connectivity index (χ0v) is 16.0. The first kappa shape index (κ1) is 18.2. The van der Waals surface area contributed by atoms with Gasteiger partial charge in [0.1, 0.15) is 6.07 Å². The number of hydrogen-bond donors (Lipinski definition) is 2. The van der Waals surface area contributed by atoms with Gasteiger partial charge in [-0.3, -0.25) is 4.79 Å². The first-order valence-electron chi connectivity index (χ1n) is 9.44. The number of hydrogen-bond acceptors (Lipinski definition) is 4. The van der Waals surface area contributed by atoms with Gasteiger partial charge in [0.2, 0.25) is 0 Å². The lowest BCUT2D eigenvalue weighted by atomic mass is 9.98. The summed E-state index contributed by atoms with van der Waals surface area (Å²) in [6.45, 7) is 4.74. The van der Waals surface area contributed by atoms with Crippen LogP contribution < -0.4 is 0 Å². The number of benzene rings is 1. The van der Waals surface area contributed by atoms with Crippen LogP contribution in [0.2, 0.25) is 0 Å². The van der Waals surface area contributed by atoms with Crippen molar-refractivity contribution in [2.45, 2.75) is 32.2 Å². The Bertz CT molecular complexity index is 1110. The molecule has 2 N–H and O–H groups in total. The molecule has 0 aliphatic carbocycles. The molecule has 3 heterocycles. The highest BCUT2D eigenvalue weighted by Gasteiger charge is 2.44. The fraction of sp³-hybridized carbons (Fsp3) is 0.318. The van der Waals surface area contributed by atoms with E-state index in [-0.39, 0.29) is 12.5 Å². The second-order valence-electron chi connectivity index (χ2n) is 7.58. The van der Waals surface area contributed by atoms with Gasteiger partial charge < -0.3 is 15.0 Å². The van der Waals surface area contributed by atoms with Crippen LogP contribution in [0.3, 0.4) is 0 Å². The Hall–Kier alpha value is -3.17. The number of para-hydroxylation sites is 1. The van der Waals surface area contributed by atoms with Gasteiger partial charge in [0.05, 0.1) is 33.6 Å². The van der Waals surface area contributed by atoms with Crippen molar-refractivity contribution in [3.05, 3.63) is 53.3 Å². The van der Waals surface area contributed by atoms with Crippen molar-refractivity contribution in [3.8, 4) is 17.3 Å². The lowest BCUT2D eigenvalue weighted by molar-refractivity contribution is 0.0605. The molecule has 1 aliphatic heterocycles. The van der Waals surface area contributed by atoms with Crippen LogP contribution in [0.15, 0.2) is 36.5 Å². The van der Waals surface area contributed by atoms with Crippen molar-refractivity contribution < 1.29 is 9.90 Å². The highest BCUT2D eigenvalue weighted by Crippen LogP contribution is 2.39. The summed E-state index contributed by atoms with van der Waals surface area (Å²) in [4.78, 5) is 22.8. The summed E-state index contributed by atoms with van der Waals surface area (Å²) in [5, 5.41) is 19.3. The molecule has 0 radical (unpaired) electrons. The van der Waals surface area contributed by atoms with E-state index < -0.39 is 5.54 Å². The lowest BCUT2D eigenvalue weighted by Gasteiger charge is -2.31. The highest BCUT2D eigenvalue weighted by molar-refractivity contribution is 6.01. The van der Waals surface area contributed by atoms with E-state index in [2.05, 4.69) is 11.1 Å². The number of amides is 1. The van der Waals surface area contributed by atoms with Crippen LogP contribution in [0.25, 0.3) is 22.2 Å². The number of pyridine rings is 1. The summed E-state index contributed by atoms with van der Waals surface area (Å²) in [5.74, 6) is -0.0114. The van der Waals surface area contributed by atoms with Gasteiger partial charge in [-0.1, -0.05) is 12.1 Å². The Kier molecular flexibility index (Phi) is 4.40. The lowest BCUT2D eigenvalue weighted by Crippen LogP contribution is -2.40. The first-order valence-corrected chi connectivity index (χ1v) is 9.44. The summed E-state index contributed by atoms with van der Waals surface area (Å²) in [5.41, 5.74) is 3.97. The number of rotatable bonds is 5. The van der Waals surface area contributed by atoms with Crippen molar-refractivity contribution in [3.63, 3.8) is 0 Å². The van der Waals surface area contributed by atoms with E-state index in [1.54, 1.807) is 6.07 Å². The zero-order chi connectivity index (χ0) is 19.9. The molecule has 6 nitrogen and oxygen atoms in total. The molecular weight excluding hydrogens is 352 g/mol. The minimum Gasteiger partial charge on any atom is -0.396 e. The predicted molar refractivity (Wildman–Crippen MR) is 107 cm³/mol. The summed E-state index contributed by atoms with van der Waals surface area (Å²) >= 11 is 0. The molecule has 0 saturated heterocycles. The van der Waals surface area contributed by atoms with Crippen LogP contribution in [-0.2, 0) is 5.54 Å². The highest BCUT2D eigenvalue weighted by atomic mass is 16.3. The molecule has 2 aromatic heterocycles. The third kappa shape index (κ3) is 2.67. The summed E-state index contributed by atoms with van der Waals surface area (Å²) in [6, 6.07) is 11.5. The number of aromatic amines is 1. The normalized spacial score (nSPS) is 15.1. The Morgan fingerprint density at radius 2 is 2.04 bits per heavy atom.